The average Bonchev–Trinajstić information content (AvgIpc) is 3.01. The van der Waals surface area contributed by atoms with Gasteiger partial charge in [0, 0.05) is 19.4 Å². The van der Waals surface area contributed by atoms with Crippen molar-refractivity contribution in [3.8, 4) is 28.1 Å². The van der Waals surface area contributed by atoms with E-state index in [-0.39, 0.29) is 17.9 Å². The molecule has 1 N–H and O–H groups in total. The van der Waals surface area contributed by atoms with Gasteiger partial charge in [0.1, 0.15) is 17.1 Å². The van der Waals surface area contributed by atoms with Gasteiger partial charge in [0.2, 0.25) is 0 Å². The van der Waals surface area contributed by atoms with Crippen molar-refractivity contribution in [2.24, 2.45) is 0 Å². The molecule has 0 spiro atoms. The number of methoxy groups -OCH3 is 1. The molecule has 136 valence electrons. The smallest absolute Gasteiger partial charge is 0.349 e. The van der Waals surface area contributed by atoms with Crippen LogP contribution in [-0.2, 0) is 11.3 Å². The van der Waals surface area contributed by atoms with Crippen LogP contribution in [0.3, 0.4) is 0 Å². The van der Waals surface area contributed by atoms with Crippen molar-refractivity contribution in [3.63, 3.8) is 0 Å². The summed E-state index contributed by atoms with van der Waals surface area (Å²) < 4.78 is 12.0. The van der Waals surface area contributed by atoms with Crippen LogP contribution in [0.2, 0.25) is 0 Å². The summed E-state index contributed by atoms with van der Waals surface area (Å²) in [6.07, 6.45) is 1.58. The molecule has 0 aliphatic rings. The number of fused-ring (bicyclic) bond motifs is 1. The number of aryl methyl sites for hydroxylation is 1. The summed E-state index contributed by atoms with van der Waals surface area (Å²) in [5, 5.41) is 14.9. The summed E-state index contributed by atoms with van der Waals surface area (Å²) in [6.45, 7) is 1.88. The van der Waals surface area contributed by atoms with Crippen molar-refractivity contribution in [2.45, 2.75) is 13.5 Å². The number of aromatic hydroxyl groups is 1. The molecule has 7 nitrogen and oxygen atoms in total. The zero-order valence-electron chi connectivity index (χ0n) is 14.8. The fraction of sp³-hybridized carbons (Fsp3) is 0.150. The monoisotopic (exact) mass is 363 g/mol. The fourth-order valence-electron chi connectivity index (χ4n) is 3.15. The second-order valence-corrected chi connectivity index (χ2v) is 6.09. The second kappa shape index (κ2) is 6.69. The SMILES string of the molecule is COCc1nn2c(-c3c(O)cc(C)oc3=O)ccnc2c1-c1ccccc1. The van der Waals surface area contributed by atoms with Gasteiger partial charge in [0.15, 0.2) is 5.65 Å². The Kier molecular flexibility index (Phi) is 4.21. The average molecular weight is 363 g/mol. The first-order valence-corrected chi connectivity index (χ1v) is 8.35. The summed E-state index contributed by atoms with van der Waals surface area (Å²) in [5.41, 5.74) is 2.79. The van der Waals surface area contributed by atoms with Gasteiger partial charge in [0.25, 0.3) is 0 Å². The van der Waals surface area contributed by atoms with Crippen LogP contribution >= 0.6 is 0 Å². The van der Waals surface area contributed by atoms with E-state index in [1.807, 2.05) is 30.3 Å². The Labute approximate surface area is 154 Å². The Balaban J connectivity index is 2.05. The van der Waals surface area contributed by atoms with Crippen molar-refractivity contribution >= 4 is 5.65 Å². The first-order valence-electron chi connectivity index (χ1n) is 8.35. The van der Waals surface area contributed by atoms with E-state index in [2.05, 4.69) is 10.1 Å². The number of benzene rings is 1. The highest BCUT2D eigenvalue weighted by Crippen LogP contribution is 2.32. The molecule has 0 radical (unpaired) electrons. The van der Waals surface area contributed by atoms with Crippen LogP contribution in [0.5, 0.6) is 5.75 Å². The van der Waals surface area contributed by atoms with E-state index in [0.717, 1.165) is 11.1 Å². The van der Waals surface area contributed by atoms with Crippen molar-refractivity contribution in [1.82, 2.24) is 14.6 Å². The first kappa shape index (κ1) is 17.0. The molecule has 0 saturated heterocycles. The van der Waals surface area contributed by atoms with Crippen LogP contribution in [0.1, 0.15) is 11.5 Å². The van der Waals surface area contributed by atoms with Gasteiger partial charge >= 0.3 is 5.63 Å². The van der Waals surface area contributed by atoms with Crippen LogP contribution in [0.15, 0.2) is 57.9 Å². The maximum absolute atomic E-state index is 12.4. The van der Waals surface area contributed by atoms with Crippen molar-refractivity contribution in [1.29, 1.82) is 0 Å². The molecule has 3 aromatic heterocycles. The number of ether oxygens (including phenoxy) is 1. The van der Waals surface area contributed by atoms with Crippen LogP contribution in [-0.4, -0.2) is 26.8 Å². The second-order valence-electron chi connectivity index (χ2n) is 6.09. The standard InChI is InChI=1S/C20H17N3O4/c1-12-10-16(24)18(20(25)27-12)15-8-9-21-19-17(13-6-4-3-5-7-13)14(11-26-2)22-23(15)19/h3-10,24H,11H2,1-2H3. The van der Waals surface area contributed by atoms with Gasteiger partial charge in [-0.1, -0.05) is 30.3 Å². The molecule has 0 amide bonds. The highest BCUT2D eigenvalue weighted by atomic mass is 16.5. The zero-order valence-corrected chi connectivity index (χ0v) is 14.8. The molecule has 1 aromatic carbocycles. The summed E-state index contributed by atoms with van der Waals surface area (Å²) in [4.78, 5) is 16.8. The van der Waals surface area contributed by atoms with Gasteiger partial charge in [-0.25, -0.2) is 14.3 Å². The minimum Gasteiger partial charge on any atom is -0.507 e. The van der Waals surface area contributed by atoms with Crippen LogP contribution in [0.25, 0.3) is 28.0 Å². The van der Waals surface area contributed by atoms with Crippen molar-refractivity contribution in [2.75, 3.05) is 7.11 Å². The number of nitrogens with zero attached hydrogens (tertiary/aromatic N) is 3. The Hall–Kier alpha value is -3.45. The molecular weight excluding hydrogens is 346 g/mol. The lowest BCUT2D eigenvalue weighted by Crippen LogP contribution is -2.08. The Bertz CT molecular complexity index is 1180. The van der Waals surface area contributed by atoms with Crippen molar-refractivity contribution in [3.05, 3.63) is 70.5 Å². The molecule has 0 aliphatic carbocycles. The minimum absolute atomic E-state index is 0.0408. The zero-order chi connectivity index (χ0) is 19.0. The first-order chi connectivity index (χ1) is 13.1. The lowest BCUT2D eigenvalue weighted by molar-refractivity contribution is 0.181. The third-order valence-electron chi connectivity index (χ3n) is 4.24. The molecule has 3 heterocycles. The van der Waals surface area contributed by atoms with E-state index in [0.29, 0.717) is 22.8 Å². The van der Waals surface area contributed by atoms with Gasteiger partial charge in [-0.3, -0.25) is 0 Å². The third-order valence-corrected chi connectivity index (χ3v) is 4.24. The number of hydrogen-bond acceptors (Lipinski definition) is 6. The fourth-order valence-corrected chi connectivity index (χ4v) is 3.15. The Morgan fingerprint density at radius 3 is 2.67 bits per heavy atom. The van der Waals surface area contributed by atoms with Gasteiger partial charge in [0.05, 0.1) is 23.6 Å². The highest BCUT2D eigenvalue weighted by molar-refractivity contribution is 5.82. The van der Waals surface area contributed by atoms with Gasteiger partial charge in [-0.05, 0) is 18.6 Å². The maximum atomic E-state index is 12.4. The predicted octanol–water partition coefficient (Wildman–Crippen LogP) is 3.18. The van der Waals surface area contributed by atoms with E-state index in [1.165, 1.54) is 10.6 Å². The molecule has 0 aliphatic heterocycles. The molecule has 0 unspecified atom stereocenters. The lowest BCUT2D eigenvalue weighted by atomic mass is 10.1. The Morgan fingerprint density at radius 2 is 1.96 bits per heavy atom. The summed E-state index contributed by atoms with van der Waals surface area (Å²) >= 11 is 0. The van der Waals surface area contributed by atoms with E-state index >= 15 is 0 Å². The molecule has 0 fully saturated rings. The molecule has 0 bridgehead atoms. The van der Waals surface area contributed by atoms with Crippen LogP contribution < -0.4 is 5.63 Å². The molecule has 7 heteroatoms. The van der Waals surface area contributed by atoms with Gasteiger partial charge < -0.3 is 14.3 Å². The quantitative estimate of drug-likeness (QED) is 0.599. The highest BCUT2D eigenvalue weighted by Gasteiger charge is 2.21. The molecule has 4 aromatic rings. The summed E-state index contributed by atoms with van der Waals surface area (Å²) in [6, 6.07) is 12.7. The number of rotatable bonds is 4. The Morgan fingerprint density at radius 1 is 1.19 bits per heavy atom. The largest absolute Gasteiger partial charge is 0.507 e. The summed E-state index contributed by atoms with van der Waals surface area (Å²) in [5.74, 6) is 0.165. The van der Waals surface area contributed by atoms with E-state index in [9.17, 15) is 9.90 Å². The molecule has 4 rings (SSSR count). The number of hydrogen-bond donors (Lipinski definition) is 1. The maximum Gasteiger partial charge on any atom is 0.349 e. The van der Waals surface area contributed by atoms with E-state index in [1.54, 1.807) is 26.3 Å². The molecular formula is C20H17N3O4. The minimum atomic E-state index is -0.634. The summed E-state index contributed by atoms with van der Waals surface area (Å²) in [7, 11) is 1.59. The predicted molar refractivity (Wildman–Crippen MR) is 99.5 cm³/mol. The molecule has 0 saturated carbocycles. The van der Waals surface area contributed by atoms with E-state index < -0.39 is 5.63 Å². The van der Waals surface area contributed by atoms with E-state index in [4.69, 9.17) is 9.15 Å². The third kappa shape index (κ3) is 2.88. The topological polar surface area (TPSA) is 89.9 Å². The van der Waals surface area contributed by atoms with Crippen molar-refractivity contribution < 1.29 is 14.3 Å². The molecule has 27 heavy (non-hydrogen) atoms. The van der Waals surface area contributed by atoms with Gasteiger partial charge in [-0.2, -0.15) is 5.10 Å². The van der Waals surface area contributed by atoms with Crippen LogP contribution in [0.4, 0.5) is 0 Å². The van der Waals surface area contributed by atoms with Gasteiger partial charge in [-0.15, -0.1) is 0 Å². The molecule has 0 atom stereocenters. The van der Waals surface area contributed by atoms with Crippen LogP contribution in [0, 0.1) is 6.92 Å². The number of aromatic nitrogens is 3. The lowest BCUT2D eigenvalue weighted by Gasteiger charge is -2.06. The normalized spacial score (nSPS) is 11.2.